The molecule has 2 amide bonds. The lowest BCUT2D eigenvalue weighted by Gasteiger charge is -2.19. The van der Waals surface area contributed by atoms with Crippen molar-refractivity contribution in [1.82, 2.24) is 10.7 Å². The number of nitrogens with zero attached hydrogens (tertiary/aromatic N) is 1. The number of nitrogens with one attached hydrogen (secondary N) is 2. The molecule has 0 fully saturated rings. The number of halogens is 2. The Bertz CT molecular complexity index is 1030. The first-order valence-corrected chi connectivity index (χ1v) is 11.8. The summed E-state index contributed by atoms with van der Waals surface area (Å²) in [6, 6.07) is 10.8. The van der Waals surface area contributed by atoms with Gasteiger partial charge in [0.1, 0.15) is 11.8 Å². The number of carbonyl (C=O) groups is 3. The minimum absolute atomic E-state index is 0.170. The van der Waals surface area contributed by atoms with E-state index in [9.17, 15) is 14.4 Å². The van der Waals surface area contributed by atoms with E-state index in [0.29, 0.717) is 32.8 Å². The number of hydrazone groups is 1. The van der Waals surface area contributed by atoms with Gasteiger partial charge in [-0.05, 0) is 83.2 Å². The second-order valence-corrected chi connectivity index (χ2v) is 8.97. The van der Waals surface area contributed by atoms with Crippen LogP contribution in [0.1, 0.15) is 43.1 Å². The Kier molecular flexibility index (Phi) is 11.0. The molecular formula is C24H27BrClN3O5. The fourth-order valence-corrected chi connectivity index (χ4v) is 3.48. The van der Waals surface area contributed by atoms with Crippen molar-refractivity contribution in [2.45, 2.75) is 33.2 Å². The van der Waals surface area contributed by atoms with Gasteiger partial charge in [-0.2, -0.15) is 5.10 Å². The number of benzene rings is 2. The third kappa shape index (κ3) is 9.15. The lowest BCUT2D eigenvalue weighted by molar-refractivity contribution is -0.145. The second-order valence-electron chi connectivity index (χ2n) is 7.68. The van der Waals surface area contributed by atoms with Crippen molar-refractivity contribution in [3.05, 3.63) is 63.1 Å². The van der Waals surface area contributed by atoms with E-state index in [1.807, 2.05) is 13.8 Å². The quantitative estimate of drug-likeness (QED) is 0.245. The molecule has 2 rings (SSSR count). The topological polar surface area (TPSA) is 106 Å². The second kappa shape index (κ2) is 13.7. The van der Waals surface area contributed by atoms with Gasteiger partial charge in [0, 0.05) is 10.6 Å². The van der Waals surface area contributed by atoms with Crippen LogP contribution in [0.5, 0.6) is 5.75 Å². The highest BCUT2D eigenvalue weighted by Gasteiger charge is 2.22. The largest absolute Gasteiger partial charge is 0.481 e. The van der Waals surface area contributed by atoms with E-state index >= 15 is 0 Å². The summed E-state index contributed by atoms with van der Waals surface area (Å²) >= 11 is 9.25. The zero-order valence-electron chi connectivity index (χ0n) is 19.1. The SMILES string of the molecule is CCOC(=O)COc1ccc(/C=N/NC(=O)C(CC(C)C)NC(=O)c2ccc(Cl)cc2)cc1Br. The molecule has 0 spiro atoms. The van der Waals surface area contributed by atoms with Crippen molar-refractivity contribution in [3.63, 3.8) is 0 Å². The molecule has 0 aromatic heterocycles. The molecule has 2 aromatic rings. The van der Waals surface area contributed by atoms with Crippen LogP contribution < -0.4 is 15.5 Å². The van der Waals surface area contributed by atoms with Crippen LogP contribution in [0.4, 0.5) is 0 Å². The van der Waals surface area contributed by atoms with Crippen molar-refractivity contribution in [1.29, 1.82) is 0 Å². The normalized spacial score (nSPS) is 11.8. The maximum absolute atomic E-state index is 12.7. The van der Waals surface area contributed by atoms with Crippen molar-refractivity contribution in [2.75, 3.05) is 13.2 Å². The Morgan fingerprint density at radius 3 is 2.47 bits per heavy atom. The van der Waals surface area contributed by atoms with Gasteiger partial charge in [-0.3, -0.25) is 9.59 Å². The van der Waals surface area contributed by atoms with Gasteiger partial charge in [0.2, 0.25) is 0 Å². The third-order valence-electron chi connectivity index (χ3n) is 4.43. The van der Waals surface area contributed by atoms with E-state index < -0.39 is 17.9 Å². The summed E-state index contributed by atoms with van der Waals surface area (Å²) < 4.78 is 10.9. The van der Waals surface area contributed by atoms with Crippen LogP contribution in [0.2, 0.25) is 5.02 Å². The van der Waals surface area contributed by atoms with Gasteiger partial charge in [-0.1, -0.05) is 25.4 Å². The predicted octanol–water partition coefficient (Wildman–Crippen LogP) is 4.34. The van der Waals surface area contributed by atoms with E-state index in [2.05, 4.69) is 31.8 Å². The number of rotatable bonds is 11. The first-order chi connectivity index (χ1) is 16.2. The average molecular weight is 553 g/mol. The van der Waals surface area contributed by atoms with Crippen LogP contribution >= 0.6 is 27.5 Å². The van der Waals surface area contributed by atoms with Crippen LogP contribution in [0.25, 0.3) is 0 Å². The van der Waals surface area contributed by atoms with Crippen molar-refractivity contribution in [2.24, 2.45) is 11.0 Å². The van der Waals surface area contributed by atoms with Gasteiger partial charge in [0.15, 0.2) is 6.61 Å². The number of amides is 2. The van der Waals surface area contributed by atoms with Crippen molar-refractivity contribution in [3.8, 4) is 5.75 Å². The molecule has 1 unspecified atom stereocenters. The molecule has 10 heteroatoms. The smallest absolute Gasteiger partial charge is 0.344 e. The minimum Gasteiger partial charge on any atom is -0.481 e. The van der Waals surface area contributed by atoms with Gasteiger partial charge >= 0.3 is 5.97 Å². The summed E-state index contributed by atoms with van der Waals surface area (Å²) in [4.78, 5) is 36.6. The molecule has 0 saturated heterocycles. The minimum atomic E-state index is -0.759. The number of carbonyl (C=O) groups excluding carboxylic acids is 3. The van der Waals surface area contributed by atoms with Gasteiger partial charge in [-0.25, -0.2) is 10.2 Å². The number of hydrogen-bond acceptors (Lipinski definition) is 6. The fourth-order valence-electron chi connectivity index (χ4n) is 2.85. The molecule has 0 saturated carbocycles. The Morgan fingerprint density at radius 2 is 1.85 bits per heavy atom. The molecule has 2 N–H and O–H groups in total. The van der Waals surface area contributed by atoms with Gasteiger partial charge in [0.25, 0.3) is 11.8 Å². The molecular weight excluding hydrogens is 526 g/mol. The zero-order valence-corrected chi connectivity index (χ0v) is 21.5. The van der Waals surface area contributed by atoms with E-state index in [4.69, 9.17) is 21.1 Å². The summed E-state index contributed by atoms with van der Waals surface area (Å²) in [5.74, 6) is -0.620. The molecule has 0 radical (unpaired) electrons. The highest BCUT2D eigenvalue weighted by Crippen LogP contribution is 2.25. The lowest BCUT2D eigenvalue weighted by atomic mass is 10.0. The molecule has 2 aromatic carbocycles. The molecule has 1 atom stereocenters. The fraction of sp³-hybridized carbons (Fsp3) is 0.333. The maximum Gasteiger partial charge on any atom is 0.344 e. The van der Waals surface area contributed by atoms with Crippen LogP contribution in [0.3, 0.4) is 0 Å². The molecule has 0 aliphatic heterocycles. The molecule has 0 aliphatic rings. The van der Waals surface area contributed by atoms with Crippen molar-refractivity contribution < 1.29 is 23.9 Å². The van der Waals surface area contributed by atoms with E-state index in [-0.39, 0.29) is 25.0 Å². The molecule has 0 aliphatic carbocycles. The maximum atomic E-state index is 12.7. The molecule has 0 heterocycles. The Balaban J connectivity index is 1.98. The Morgan fingerprint density at radius 1 is 1.15 bits per heavy atom. The summed E-state index contributed by atoms with van der Waals surface area (Å²) in [5, 5.41) is 7.27. The molecule has 8 nitrogen and oxygen atoms in total. The predicted molar refractivity (Wildman–Crippen MR) is 134 cm³/mol. The van der Waals surface area contributed by atoms with E-state index in [1.54, 1.807) is 49.4 Å². The zero-order chi connectivity index (χ0) is 25.1. The van der Waals surface area contributed by atoms with Crippen LogP contribution in [-0.2, 0) is 14.3 Å². The van der Waals surface area contributed by atoms with Crippen LogP contribution in [0.15, 0.2) is 52.0 Å². The molecule has 182 valence electrons. The number of esters is 1. The first kappa shape index (κ1) is 27.3. The average Bonchev–Trinajstić information content (AvgIpc) is 2.78. The van der Waals surface area contributed by atoms with Gasteiger partial charge in [0.05, 0.1) is 17.3 Å². The van der Waals surface area contributed by atoms with Gasteiger partial charge in [-0.15, -0.1) is 0 Å². The van der Waals surface area contributed by atoms with Gasteiger partial charge < -0.3 is 14.8 Å². The standard InChI is InChI=1S/C24H27BrClN3O5/c1-4-33-22(30)14-34-21-10-5-16(12-19(21)25)13-27-29-24(32)20(11-15(2)3)28-23(31)17-6-8-18(26)9-7-17/h5-10,12-13,15,20H,4,11,14H2,1-3H3,(H,28,31)(H,29,32)/b27-13+. The van der Waals surface area contributed by atoms with Crippen LogP contribution in [-0.4, -0.2) is 43.3 Å². The van der Waals surface area contributed by atoms with E-state index in [0.717, 1.165) is 0 Å². The van der Waals surface area contributed by atoms with Crippen molar-refractivity contribution >= 4 is 51.5 Å². The number of hydrogen-bond donors (Lipinski definition) is 2. The first-order valence-electron chi connectivity index (χ1n) is 10.7. The number of ether oxygens (including phenoxy) is 2. The Hall–Kier alpha value is -2.91. The summed E-state index contributed by atoms with van der Waals surface area (Å²) in [6.07, 6.45) is 1.91. The monoisotopic (exact) mass is 551 g/mol. The highest BCUT2D eigenvalue weighted by molar-refractivity contribution is 9.10. The molecule has 34 heavy (non-hydrogen) atoms. The summed E-state index contributed by atoms with van der Waals surface area (Å²) in [5.41, 5.74) is 3.57. The Labute approximate surface area is 212 Å². The highest BCUT2D eigenvalue weighted by atomic mass is 79.9. The lowest BCUT2D eigenvalue weighted by Crippen LogP contribution is -2.46. The third-order valence-corrected chi connectivity index (χ3v) is 5.30. The summed E-state index contributed by atoms with van der Waals surface area (Å²) in [6.45, 7) is 5.73. The van der Waals surface area contributed by atoms with Crippen LogP contribution in [0, 0.1) is 5.92 Å². The molecule has 0 bridgehead atoms. The van der Waals surface area contributed by atoms with E-state index in [1.165, 1.54) is 6.21 Å². The summed E-state index contributed by atoms with van der Waals surface area (Å²) in [7, 11) is 0.